The Hall–Kier alpha value is -3.02. The zero-order valence-electron chi connectivity index (χ0n) is 20.2. The van der Waals surface area contributed by atoms with Gasteiger partial charge < -0.3 is 23.8 Å². The van der Waals surface area contributed by atoms with Crippen LogP contribution >= 0.6 is 11.3 Å². The summed E-state index contributed by atoms with van der Waals surface area (Å²) in [5, 5.41) is 2.90. The monoisotopic (exact) mass is 519 g/mol. The molecule has 2 aromatic carbocycles. The van der Waals surface area contributed by atoms with Crippen molar-refractivity contribution in [3.05, 3.63) is 53.0 Å². The molecule has 0 radical (unpaired) electrons. The minimum Gasteiger partial charge on any atom is -0.497 e. The third kappa shape index (κ3) is 5.31. The molecule has 1 aliphatic heterocycles. The van der Waals surface area contributed by atoms with Gasteiger partial charge in [-0.05, 0) is 30.3 Å². The maximum atomic E-state index is 13.3. The first-order valence-corrected chi connectivity index (χ1v) is 13.3. The van der Waals surface area contributed by atoms with E-state index in [1.807, 2.05) is 23.6 Å². The largest absolute Gasteiger partial charge is 0.497 e. The number of hydrogen-bond donors (Lipinski definition) is 0. The van der Waals surface area contributed by atoms with Crippen molar-refractivity contribution in [1.29, 1.82) is 0 Å². The lowest BCUT2D eigenvalue weighted by molar-refractivity contribution is 0.370. The summed E-state index contributed by atoms with van der Waals surface area (Å²) >= 11 is 1.55. The van der Waals surface area contributed by atoms with Gasteiger partial charge in [-0.15, -0.1) is 11.3 Å². The molecule has 35 heavy (non-hydrogen) atoms. The molecule has 0 N–H and O–H groups in total. The highest BCUT2D eigenvalue weighted by Crippen LogP contribution is 2.32. The molecule has 0 bridgehead atoms. The Morgan fingerprint density at radius 2 is 1.49 bits per heavy atom. The van der Waals surface area contributed by atoms with Crippen molar-refractivity contribution >= 4 is 26.5 Å². The fourth-order valence-corrected chi connectivity index (χ4v) is 6.45. The van der Waals surface area contributed by atoms with E-state index in [0.717, 1.165) is 27.9 Å². The lowest BCUT2D eigenvalue weighted by atomic mass is 10.1. The number of aromatic nitrogens is 1. The SMILES string of the molecule is COc1ccc(OC)c(Cc2csc(N3CCN(S(=O)(=O)c4cc(OC)ccc4OC)CC3)n2)c1. The molecule has 188 valence electrons. The Balaban J connectivity index is 1.45. The first-order valence-electron chi connectivity index (χ1n) is 11.0. The van der Waals surface area contributed by atoms with Gasteiger partial charge in [0.2, 0.25) is 10.0 Å². The molecule has 0 amide bonds. The fourth-order valence-electron chi connectivity index (χ4n) is 3.98. The van der Waals surface area contributed by atoms with Crippen LogP contribution < -0.4 is 23.8 Å². The molecule has 0 saturated carbocycles. The summed E-state index contributed by atoms with van der Waals surface area (Å²) in [4.78, 5) is 7.02. The first-order chi connectivity index (χ1) is 16.9. The summed E-state index contributed by atoms with van der Waals surface area (Å²) in [5.41, 5.74) is 1.92. The van der Waals surface area contributed by atoms with Crippen molar-refractivity contribution in [2.24, 2.45) is 0 Å². The second-order valence-electron chi connectivity index (χ2n) is 7.88. The Morgan fingerprint density at radius 1 is 0.857 bits per heavy atom. The quantitative estimate of drug-likeness (QED) is 0.426. The lowest BCUT2D eigenvalue weighted by Gasteiger charge is -2.34. The Morgan fingerprint density at radius 3 is 2.11 bits per heavy atom. The van der Waals surface area contributed by atoms with Crippen LogP contribution in [0.3, 0.4) is 0 Å². The number of rotatable bonds is 9. The van der Waals surface area contributed by atoms with Crippen molar-refractivity contribution in [1.82, 2.24) is 9.29 Å². The lowest BCUT2D eigenvalue weighted by Crippen LogP contribution is -2.48. The van der Waals surface area contributed by atoms with Crippen LogP contribution in [0.5, 0.6) is 23.0 Å². The van der Waals surface area contributed by atoms with E-state index in [-0.39, 0.29) is 4.90 Å². The van der Waals surface area contributed by atoms with Gasteiger partial charge in [0, 0.05) is 49.6 Å². The summed E-state index contributed by atoms with van der Waals surface area (Å²) in [7, 11) is 2.51. The molecule has 3 aromatic rings. The van der Waals surface area contributed by atoms with Gasteiger partial charge in [0.25, 0.3) is 0 Å². The van der Waals surface area contributed by atoms with E-state index in [1.54, 1.807) is 37.7 Å². The van der Waals surface area contributed by atoms with Gasteiger partial charge in [0.15, 0.2) is 5.13 Å². The summed E-state index contributed by atoms with van der Waals surface area (Å²) < 4.78 is 49.5. The second kappa shape index (κ2) is 10.7. The Bertz CT molecular complexity index is 1270. The minimum absolute atomic E-state index is 0.108. The number of methoxy groups -OCH3 is 4. The van der Waals surface area contributed by atoms with Crippen molar-refractivity contribution in [2.45, 2.75) is 11.3 Å². The first kappa shape index (κ1) is 25.1. The van der Waals surface area contributed by atoms with Crippen LogP contribution in [-0.2, 0) is 16.4 Å². The normalized spacial score (nSPS) is 14.6. The molecule has 1 fully saturated rings. The summed E-state index contributed by atoms with van der Waals surface area (Å²) in [5.74, 6) is 2.31. The Kier molecular flexibility index (Phi) is 7.68. The van der Waals surface area contributed by atoms with Gasteiger partial charge in [-0.1, -0.05) is 0 Å². The van der Waals surface area contributed by atoms with Crippen LogP contribution in [0.15, 0.2) is 46.7 Å². The number of benzene rings is 2. The predicted molar refractivity (Wildman–Crippen MR) is 135 cm³/mol. The third-order valence-corrected chi connectivity index (χ3v) is 8.77. The molecular formula is C24H29N3O6S2. The van der Waals surface area contributed by atoms with Gasteiger partial charge in [-0.3, -0.25) is 0 Å². The highest BCUT2D eigenvalue weighted by Gasteiger charge is 2.32. The second-order valence-corrected chi connectivity index (χ2v) is 10.6. The molecule has 1 aromatic heterocycles. The van der Waals surface area contributed by atoms with Crippen molar-refractivity contribution in [2.75, 3.05) is 59.5 Å². The van der Waals surface area contributed by atoms with Crippen LogP contribution in [0.1, 0.15) is 11.3 Å². The molecule has 11 heteroatoms. The summed E-state index contributed by atoms with van der Waals surface area (Å²) in [6, 6.07) is 10.5. The van der Waals surface area contributed by atoms with Gasteiger partial charge in [-0.25, -0.2) is 13.4 Å². The van der Waals surface area contributed by atoms with E-state index in [0.29, 0.717) is 44.1 Å². The number of piperazine rings is 1. The van der Waals surface area contributed by atoms with Crippen LogP contribution in [0.4, 0.5) is 5.13 Å². The van der Waals surface area contributed by atoms with Crippen LogP contribution in [-0.4, -0.2) is 72.3 Å². The molecule has 0 unspecified atom stereocenters. The molecule has 9 nitrogen and oxygen atoms in total. The molecule has 1 saturated heterocycles. The maximum absolute atomic E-state index is 13.3. The minimum atomic E-state index is -3.73. The Labute approximate surface area is 209 Å². The van der Waals surface area contributed by atoms with E-state index in [1.165, 1.54) is 24.6 Å². The highest BCUT2D eigenvalue weighted by molar-refractivity contribution is 7.89. The van der Waals surface area contributed by atoms with E-state index >= 15 is 0 Å². The van der Waals surface area contributed by atoms with E-state index in [9.17, 15) is 8.42 Å². The number of thiazole rings is 1. The van der Waals surface area contributed by atoms with Crippen LogP contribution in [0, 0.1) is 0 Å². The summed E-state index contributed by atoms with van der Waals surface area (Å²) in [6.07, 6.45) is 0.612. The molecule has 2 heterocycles. The number of ether oxygens (including phenoxy) is 4. The average Bonchev–Trinajstić information content (AvgIpc) is 3.36. The molecular weight excluding hydrogens is 490 g/mol. The predicted octanol–water partition coefficient (Wildman–Crippen LogP) is 3.28. The van der Waals surface area contributed by atoms with Crippen molar-refractivity contribution < 1.29 is 27.4 Å². The zero-order valence-corrected chi connectivity index (χ0v) is 21.8. The van der Waals surface area contributed by atoms with Crippen molar-refractivity contribution in [3.63, 3.8) is 0 Å². The van der Waals surface area contributed by atoms with E-state index in [4.69, 9.17) is 23.9 Å². The molecule has 0 aliphatic carbocycles. The number of nitrogens with zero attached hydrogens (tertiary/aromatic N) is 3. The molecule has 4 rings (SSSR count). The van der Waals surface area contributed by atoms with Gasteiger partial charge in [-0.2, -0.15) is 4.31 Å². The highest BCUT2D eigenvalue weighted by atomic mass is 32.2. The van der Waals surface area contributed by atoms with E-state index in [2.05, 4.69) is 4.90 Å². The van der Waals surface area contributed by atoms with Gasteiger partial charge in [0.05, 0.1) is 34.1 Å². The summed E-state index contributed by atoms with van der Waals surface area (Å²) in [6.45, 7) is 1.78. The van der Waals surface area contributed by atoms with Crippen LogP contribution in [0.2, 0.25) is 0 Å². The standard InChI is InChI=1S/C24H29N3O6S2/c1-30-19-5-7-21(32-3)17(14-19)13-18-16-34-24(25-18)26-9-11-27(12-10-26)35(28,29)23-15-20(31-2)6-8-22(23)33-4/h5-8,14-16H,9-13H2,1-4H3. The van der Waals surface area contributed by atoms with Gasteiger partial charge >= 0.3 is 0 Å². The topological polar surface area (TPSA) is 90.4 Å². The smallest absolute Gasteiger partial charge is 0.247 e. The maximum Gasteiger partial charge on any atom is 0.247 e. The number of sulfonamides is 1. The number of hydrogen-bond acceptors (Lipinski definition) is 9. The molecule has 0 spiro atoms. The van der Waals surface area contributed by atoms with E-state index < -0.39 is 10.0 Å². The third-order valence-electron chi connectivity index (χ3n) is 5.90. The molecule has 1 aliphatic rings. The van der Waals surface area contributed by atoms with Gasteiger partial charge in [0.1, 0.15) is 27.9 Å². The average molecular weight is 520 g/mol. The fraction of sp³-hybridized carbons (Fsp3) is 0.375. The zero-order chi connectivity index (χ0) is 25.0. The molecule has 0 atom stereocenters. The van der Waals surface area contributed by atoms with Crippen LogP contribution in [0.25, 0.3) is 0 Å². The number of anilines is 1. The van der Waals surface area contributed by atoms with Crippen molar-refractivity contribution in [3.8, 4) is 23.0 Å².